The summed E-state index contributed by atoms with van der Waals surface area (Å²) in [4.78, 5) is 0. The first-order valence-electron chi connectivity index (χ1n) is 6.16. The van der Waals surface area contributed by atoms with Crippen molar-refractivity contribution in [3.05, 3.63) is 0 Å². The van der Waals surface area contributed by atoms with Gasteiger partial charge >= 0.3 is 0 Å². The van der Waals surface area contributed by atoms with Crippen LogP contribution in [0.1, 0.15) is 33.1 Å². The molecule has 1 atom stereocenters. The number of sulfonamides is 1. The number of nitrogens with zero attached hydrogens (tertiary/aromatic N) is 1. The van der Waals surface area contributed by atoms with Gasteiger partial charge in [-0.2, -0.15) is 0 Å². The second-order valence-electron chi connectivity index (χ2n) is 4.63. The van der Waals surface area contributed by atoms with E-state index in [0.29, 0.717) is 37.2 Å². The van der Waals surface area contributed by atoms with Crippen molar-refractivity contribution in [2.24, 2.45) is 5.92 Å². The van der Waals surface area contributed by atoms with Crippen molar-refractivity contribution in [2.75, 3.05) is 25.9 Å². The minimum Gasteiger partial charge on any atom is -0.317 e. The zero-order chi connectivity index (χ0) is 12.2. The lowest BCUT2D eigenvalue weighted by Crippen LogP contribution is -2.43. The van der Waals surface area contributed by atoms with Gasteiger partial charge in [-0.15, -0.1) is 0 Å². The Morgan fingerprint density at radius 1 is 1.38 bits per heavy atom. The first kappa shape index (κ1) is 13.9. The summed E-state index contributed by atoms with van der Waals surface area (Å²) < 4.78 is 25.3. The smallest absolute Gasteiger partial charge is 0.214 e. The van der Waals surface area contributed by atoms with E-state index in [0.717, 1.165) is 12.8 Å². The van der Waals surface area contributed by atoms with Gasteiger partial charge in [-0.3, -0.25) is 0 Å². The Bertz CT molecular complexity index is 295. The van der Waals surface area contributed by atoms with Gasteiger partial charge in [0.25, 0.3) is 0 Å². The van der Waals surface area contributed by atoms with E-state index in [2.05, 4.69) is 12.2 Å². The fourth-order valence-electron chi connectivity index (χ4n) is 2.28. The molecule has 1 aliphatic heterocycles. The van der Waals surface area contributed by atoms with Crippen LogP contribution < -0.4 is 5.32 Å². The predicted octanol–water partition coefficient (Wildman–Crippen LogP) is 1.05. The van der Waals surface area contributed by atoms with Crippen LogP contribution in [0.3, 0.4) is 0 Å². The maximum atomic E-state index is 11.8. The van der Waals surface area contributed by atoms with Crippen molar-refractivity contribution in [3.8, 4) is 0 Å². The normalized spacial score (nSPS) is 22.2. The Kier molecular flexibility index (Phi) is 5.21. The van der Waals surface area contributed by atoms with Crippen molar-refractivity contribution in [2.45, 2.75) is 39.2 Å². The third-order valence-electron chi connectivity index (χ3n) is 3.52. The van der Waals surface area contributed by atoms with Crippen molar-refractivity contribution in [3.63, 3.8) is 0 Å². The molecule has 0 aliphatic carbocycles. The number of rotatable bonds is 5. The Labute approximate surface area is 99.5 Å². The fraction of sp³-hybridized carbons (Fsp3) is 1.00. The van der Waals surface area contributed by atoms with Crippen LogP contribution in [-0.4, -0.2) is 44.7 Å². The highest BCUT2D eigenvalue weighted by atomic mass is 32.2. The van der Waals surface area contributed by atoms with E-state index in [1.165, 1.54) is 0 Å². The lowest BCUT2D eigenvalue weighted by Gasteiger charge is -2.34. The van der Waals surface area contributed by atoms with Gasteiger partial charge in [0.1, 0.15) is 0 Å². The molecule has 1 N–H and O–H groups in total. The molecule has 1 fully saturated rings. The highest BCUT2D eigenvalue weighted by Gasteiger charge is 2.28. The van der Waals surface area contributed by atoms with Crippen LogP contribution in [0, 0.1) is 5.92 Å². The summed E-state index contributed by atoms with van der Waals surface area (Å²) in [7, 11) is -1.01. The molecular weight excluding hydrogens is 224 g/mol. The Balaban J connectivity index is 2.49. The lowest BCUT2D eigenvalue weighted by molar-refractivity contribution is 0.236. The number of hydrogen-bond acceptors (Lipinski definition) is 3. The summed E-state index contributed by atoms with van der Waals surface area (Å²) in [6.07, 6.45) is 2.66. The molecule has 0 aromatic rings. The number of piperidine rings is 1. The number of hydrogen-bond donors (Lipinski definition) is 1. The first-order chi connectivity index (χ1) is 7.51. The lowest BCUT2D eigenvalue weighted by atomic mass is 9.91. The molecule has 1 aliphatic rings. The molecule has 1 heterocycles. The van der Waals surface area contributed by atoms with Crippen LogP contribution in [0.2, 0.25) is 0 Å². The van der Waals surface area contributed by atoms with Gasteiger partial charge in [0.05, 0.1) is 5.75 Å². The zero-order valence-corrected chi connectivity index (χ0v) is 11.4. The fourth-order valence-corrected chi connectivity index (χ4v) is 3.82. The van der Waals surface area contributed by atoms with Gasteiger partial charge in [-0.1, -0.05) is 6.92 Å². The summed E-state index contributed by atoms with van der Waals surface area (Å²) >= 11 is 0. The van der Waals surface area contributed by atoms with Gasteiger partial charge in [0.15, 0.2) is 0 Å². The van der Waals surface area contributed by atoms with E-state index in [1.807, 2.05) is 14.0 Å². The molecule has 0 aromatic carbocycles. The predicted molar refractivity (Wildman–Crippen MR) is 66.9 cm³/mol. The molecule has 1 unspecified atom stereocenters. The van der Waals surface area contributed by atoms with Crippen LogP contribution in [0.15, 0.2) is 0 Å². The molecule has 0 bridgehead atoms. The maximum absolute atomic E-state index is 11.8. The van der Waals surface area contributed by atoms with Crippen molar-refractivity contribution in [1.29, 1.82) is 0 Å². The van der Waals surface area contributed by atoms with Gasteiger partial charge in [0, 0.05) is 19.1 Å². The van der Waals surface area contributed by atoms with E-state index in [1.54, 1.807) is 4.31 Å². The third-order valence-corrected chi connectivity index (χ3v) is 5.59. The summed E-state index contributed by atoms with van der Waals surface area (Å²) in [6, 6.07) is 0.482. The molecule has 4 nitrogen and oxygen atoms in total. The molecule has 96 valence electrons. The number of nitrogens with one attached hydrogen (secondary N) is 1. The van der Waals surface area contributed by atoms with Gasteiger partial charge in [-0.05, 0) is 39.2 Å². The minimum atomic E-state index is -2.98. The Morgan fingerprint density at radius 3 is 2.38 bits per heavy atom. The molecule has 0 saturated carbocycles. The average molecular weight is 248 g/mol. The van der Waals surface area contributed by atoms with Gasteiger partial charge in [-0.25, -0.2) is 12.7 Å². The molecule has 16 heavy (non-hydrogen) atoms. The summed E-state index contributed by atoms with van der Waals surface area (Å²) in [5, 5.41) is 3.25. The van der Waals surface area contributed by atoms with Gasteiger partial charge < -0.3 is 5.32 Å². The zero-order valence-electron chi connectivity index (χ0n) is 10.6. The largest absolute Gasteiger partial charge is 0.317 e. The molecule has 0 aromatic heterocycles. The molecule has 1 saturated heterocycles. The molecule has 0 amide bonds. The topological polar surface area (TPSA) is 49.4 Å². The molecule has 0 spiro atoms. The molecule has 0 radical (unpaired) electrons. The van der Waals surface area contributed by atoms with Gasteiger partial charge in [0.2, 0.25) is 10.0 Å². The van der Waals surface area contributed by atoms with E-state index < -0.39 is 10.0 Å². The second kappa shape index (κ2) is 5.98. The van der Waals surface area contributed by atoms with E-state index in [4.69, 9.17) is 0 Å². The summed E-state index contributed by atoms with van der Waals surface area (Å²) in [6.45, 7) is 5.46. The van der Waals surface area contributed by atoms with E-state index in [-0.39, 0.29) is 0 Å². The average Bonchev–Trinajstić information content (AvgIpc) is 2.28. The van der Waals surface area contributed by atoms with Crippen LogP contribution in [0.25, 0.3) is 0 Å². The molecule has 1 rings (SSSR count). The monoisotopic (exact) mass is 248 g/mol. The maximum Gasteiger partial charge on any atom is 0.214 e. The van der Waals surface area contributed by atoms with E-state index in [9.17, 15) is 8.42 Å². The quantitative estimate of drug-likeness (QED) is 0.791. The SMILES string of the molecule is CCCS(=O)(=O)N1CCC(C(C)NC)CC1. The van der Waals surface area contributed by atoms with Crippen LogP contribution in [0.4, 0.5) is 0 Å². The summed E-state index contributed by atoms with van der Waals surface area (Å²) in [5.41, 5.74) is 0. The second-order valence-corrected chi connectivity index (χ2v) is 6.72. The minimum absolute atomic E-state index is 0.291. The van der Waals surface area contributed by atoms with Crippen molar-refractivity contribution < 1.29 is 8.42 Å². The first-order valence-corrected chi connectivity index (χ1v) is 7.77. The van der Waals surface area contributed by atoms with Crippen LogP contribution >= 0.6 is 0 Å². The van der Waals surface area contributed by atoms with Crippen LogP contribution in [0.5, 0.6) is 0 Å². The summed E-state index contributed by atoms with van der Waals surface area (Å²) in [5.74, 6) is 0.900. The van der Waals surface area contributed by atoms with E-state index >= 15 is 0 Å². The third kappa shape index (κ3) is 3.43. The standard InChI is InChI=1S/C11H24N2O2S/c1-4-9-16(14,15)13-7-5-11(6-8-13)10(2)12-3/h10-12H,4-9H2,1-3H3. The highest BCUT2D eigenvalue weighted by molar-refractivity contribution is 7.89. The van der Waals surface area contributed by atoms with Crippen molar-refractivity contribution in [1.82, 2.24) is 9.62 Å². The molecule has 5 heteroatoms. The highest BCUT2D eigenvalue weighted by Crippen LogP contribution is 2.22. The van der Waals surface area contributed by atoms with Crippen molar-refractivity contribution >= 4 is 10.0 Å². The Hall–Kier alpha value is -0.130. The van der Waals surface area contributed by atoms with Crippen LogP contribution in [-0.2, 0) is 10.0 Å². The molecular formula is C11H24N2O2S. The Morgan fingerprint density at radius 2 is 1.94 bits per heavy atom.